The molecule has 1 N–H and O–H groups in total. The zero-order valence-corrected chi connectivity index (χ0v) is 18.0. The van der Waals surface area contributed by atoms with Crippen molar-refractivity contribution in [3.05, 3.63) is 52.8 Å². The molecule has 9 heteroatoms. The number of hydrogen-bond donors (Lipinski definition) is 1. The molecule has 0 unspecified atom stereocenters. The van der Waals surface area contributed by atoms with Crippen molar-refractivity contribution in [3.63, 3.8) is 0 Å². The van der Waals surface area contributed by atoms with Gasteiger partial charge in [-0.2, -0.15) is 5.10 Å². The van der Waals surface area contributed by atoms with Gasteiger partial charge in [-0.15, -0.1) is 22.7 Å². The van der Waals surface area contributed by atoms with E-state index in [-0.39, 0.29) is 5.91 Å². The molecule has 0 aliphatic rings. The molecule has 0 radical (unpaired) electrons. The Labute approximate surface area is 175 Å². The fourth-order valence-electron chi connectivity index (χ4n) is 2.75. The lowest BCUT2D eigenvalue weighted by Gasteiger charge is -2.02. The summed E-state index contributed by atoms with van der Waals surface area (Å²) in [7, 11) is 0. The predicted molar refractivity (Wildman–Crippen MR) is 116 cm³/mol. The molecule has 4 aromatic rings. The smallest absolute Gasteiger partial charge is 0.230 e. The number of carbonyl (C=O) groups is 1. The number of carbonyl (C=O) groups excluding carboxylic acids is 1. The maximum absolute atomic E-state index is 12.1. The van der Waals surface area contributed by atoms with E-state index in [2.05, 4.69) is 20.4 Å². The van der Waals surface area contributed by atoms with Gasteiger partial charge in [0.05, 0.1) is 27.4 Å². The Kier molecular flexibility index (Phi) is 5.74. The number of hydrogen-bond acceptors (Lipinski definition) is 7. The van der Waals surface area contributed by atoms with Crippen LogP contribution < -0.4 is 5.32 Å². The quantitative estimate of drug-likeness (QED) is 0.450. The molecule has 144 valence electrons. The van der Waals surface area contributed by atoms with Crippen molar-refractivity contribution in [1.29, 1.82) is 0 Å². The van der Waals surface area contributed by atoms with Crippen LogP contribution >= 0.6 is 34.4 Å². The van der Waals surface area contributed by atoms with Crippen LogP contribution in [0.3, 0.4) is 0 Å². The van der Waals surface area contributed by atoms with Crippen LogP contribution in [0.15, 0.2) is 40.1 Å². The van der Waals surface area contributed by atoms with Crippen LogP contribution in [0.25, 0.3) is 15.3 Å². The second kappa shape index (κ2) is 8.42. The zero-order valence-electron chi connectivity index (χ0n) is 15.5. The molecule has 0 atom stereocenters. The van der Waals surface area contributed by atoms with E-state index in [1.54, 1.807) is 22.7 Å². The summed E-state index contributed by atoms with van der Waals surface area (Å²) in [5.74, 6) is 0.381. The molecule has 3 heterocycles. The molecule has 0 bridgehead atoms. The van der Waals surface area contributed by atoms with Gasteiger partial charge in [0.15, 0.2) is 4.34 Å². The number of para-hydroxylation sites is 1. The largest absolute Gasteiger partial charge is 0.355 e. The summed E-state index contributed by atoms with van der Waals surface area (Å²) < 4.78 is 3.93. The first-order valence-electron chi connectivity index (χ1n) is 8.81. The van der Waals surface area contributed by atoms with Gasteiger partial charge < -0.3 is 5.32 Å². The van der Waals surface area contributed by atoms with Gasteiger partial charge in [0.25, 0.3) is 0 Å². The molecule has 3 aromatic heterocycles. The summed E-state index contributed by atoms with van der Waals surface area (Å²) in [5.41, 5.74) is 4.00. The van der Waals surface area contributed by atoms with Gasteiger partial charge >= 0.3 is 0 Å². The van der Waals surface area contributed by atoms with E-state index in [1.165, 1.54) is 11.8 Å². The fraction of sp³-hybridized carbons (Fsp3) is 0.263. The first kappa shape index (κ1) is 19.1. The van der Waals surface area contributed by atoms with Crippen LogP contribution in [-0.2, 0) is 11.2 Å². The molecule has 0 fully saturated rings. The van der Waals surface area contributed by atoms with E-state index >= 15 is 0 Å². The average Bonchev–Trinajstić information content (AvgIpc) is 3.38. The van der Waals surface area contributed by atoms with Crippen molar-refractivity contribution in [1.82, 2.24) is 25.1 Å². The van der Waals surface area contributed by atoms with Gasteiger partial charge in [0, 0.05) is 24.0 Å². The van der Waals surface area contributed by atoms with E-state index in [9.17, 15) is 4.79 Å². The first-order valence-corrected chi connectivity index (χ1v) is 11.5. The van der Waals surface area contributed by atoms with Crippen LogP contribution in [0, 0.1) is 13.8 Å². The Bertz CT molecular complexity index is 1080. The van der Waals surface area contributed by atoms with Gasteiger partial charge in [-0.3, -0.25) is 4.79 Å². The van der Waals surface area contributed by atoms with Crippen molar-refractivity contribution < 1.29 is 4.79 Å². The van der Waals surface area contributed by atoms with E-state index in [4.69, 9.17) is 0 Å². The van der Waals surface area contributed by atoms with Gasteiger partial charge in [0.1, 0.15) is 0 Å². The van der Waals surface area contributed by atoms with Crippen LogP contribution in [0.2, 0.25) is 0 Å². The number of fused-ring (bicyclic) bond motifs is 1. The molecule has 0 saturated heterocycles. The Morgan fingerprint density at radius 1 is 1.25 bits per heavy atom. The van der Waals surface area contributed by atoms with Gasteiger partial charge in [-0.25, -0.2) is 14.6 Å². The van der Waals surface area contributed by atoms with Crippen LogP contribution in [0.1, 0.15) is 17.1 Å². The Hall–Kier alpha value is -2.23. The molecule has 28 heavy (non-hydrogen) atoms. The summed E-state index contributed by atoms with van der Waals surface area (Å²) in [5, 5.41) is 10.3. The average molecular weight is 430 g/mol. The number of nitrogens with zero attached hydrogens (tertiary/aromatic N) is 4. The summed E-state index contributed by atoms with van der Waals surface area (Å²) in [4.78, 5) is 21.3. The summed E-state index contributed by atoms with van der Waals surface area (Å²) in [6, 6.07) is 10.0. The highest BCUT2D eigenvalue weighted by atomic mass is 32.2. The first-order chi connectivity index (χ1) is 13.6. The second-order valence-electron chi connectivity index (χ2n) is 6.30. The SMILES string of the molecule is Cc1cc(C)n(-c2nc(CCNC(=O)CSc3nc4ccccc4s3)cs2)n1. The number of benzene rings is 1. The molecular weight excluding hydrogens is 410 g/mol. The maximum Gasteiger partial charge on any atom is 0.230 e. The third-order valence-corrected chi connectivity index (χ3v) is 7.08. The van der Waals surface area contributed by atoms with E-state index in [0.717, 1.165) is 36.8 Å². The molecule has 0 saturated carbocycles. The molecule has 1 aromatic carbocycles. The van der Waals surface area contributed by atoms with Crippen LogP contribution in [0.5, 0.6) is 0 Å². The maximum atomic E-state index is 12.1. The number of aryl methyl sites for hydroxylation is 2. The Balaban J connectivity index is 1.25. The summed E-state index contributed by atoms with van der Waals surface area (Å²) in [6.07, 6.45) is 0.702. The van der Waals surface area contributed by atoms with Crippen molar-refractivity contribution in [2.24, 2.45) is 0 Å². The van der Waals surface area contributed by atoms with E-state index in [1.807, 2.05) is 54.2 Å². The van der Waals surface area contributed by atoms with Gasteiger partial charge in [-0.1, -0.05) is 23.9 Å². The number of amides is 1. The molecule has 4 rings (SSSR count). The molecule has 0 spiro atoms. The molecule has 6 nitrogen and oxygen atoms in total. The molecular formula is C19H19N5OS3. The topological polar surface area (TPSA) is 72.7 Å². The molecule has 0 aliphatic heterocycles. The third kappa shape index (κ3) is 4.43. The van der Waals surface area contributed by atoms with E-state index in [0.29, 0.717) is 18.7 Å². The Morgan fingerprint density at radius 3 is 2.89 bits per heavy atom. The lowest BCUT2D eigenvalue weighted by molar-refractivity contribution is -0.118. The molecule has 1 amide bonds. The summed E-state index contributed by atoms with van der Waals surface area (Å²) in [6.45, 7) is 4.56. The highest BCUT2D eigenvalue weighted by Crippen LogP contribution is 2.29. The van der Waals surface area contributed by atoms with Crippen molar-refractivity contribution >= 4 is 50.6 Å². The van der Waals surface area contributed by atoms with Crippen LogP contribution in [0.4, 0.5) is 0 Å². The number of thioether (sulfide) groups is 1. The monoisotopic (exact) mass is 429 g/mol. The third-order valence-electron chi connectivity index (χ3n) is 4.03. The highest BCUT2D eigenvalue weighted by molar-refractivity contribution is 8.01. The molecule has 0 aliphatic carbocycles. The number of nitrogens with one attached hydrogen (secondary N) is 1. The minimum absolute atomic E-state index is 0.0123. The standard InChI is InChI=1S/C19H19N5OS3/c1-12-9-13(2)24(23-12)18-21-14(10-26-18)7-8-20-17(25)11-27-19-22-15-5-3-4-6-16(15)28-19/h3-6,9-10H,7-8,11H2,1-2H3,(H,20,25). The number of aromatic nitrogens is 4. The Morgan fingerprint density at radius 2 is 2.11 bits per heavy atom. The van der Waals surface area contributed by atoms with Crippen molar-refractivity contribution in [3.8, 4) is 5.13 Å². The van der Waals surface area contributed by atoms with Gasteiger partial charge in [-0.05, 0) is 32.0 Å². The normalized spacial score (nSPS) is 11.2. The lowest BCUT2D eigenvalue weighted by atomic mass is 10.3. The number of rotatable bonds is 7. The highest BCUT2D eigenvalue weighted by Gasteiger charge is 2.10. The zero-order chi connectivity index (χ0) is 19.5. The van der Waals surface area contributed by atoms with Gasteiger partial charge in [0.2, 0.25) is 11.0 Å². The summed E-state index contributed by atoms with van der Waals surface area (Å²) >= 11 is 4.66. The minimum atomic E-state index is 0.0123. The second-order valence-corrected chi connectivity index (χ2v) is 9.39. The minimum Gasteiger partial charge on any atom is -0.355 e. The van der Waals surface area contributed by atoms with Crippen molar-refractivity contribution in [2.45, 2.75) is 24.6 Å². The van der Waals surface area contributed by atoms with E-state index < -0.39 is 0 Å². The predicted octanol–water partition coefficient (Wildman–Crippen LogP) is 4.01. The van der Waals surface area contributed by atoms with Crippen molar-refractivity contribution in [2.75, 3.05) is 12.3 Å². The fourth-order valence-corrected chi connectivity index (χ4v) is 5.52. The van der Waals surface area contributed by atoms with Crippen LogP contribution in [-0.4, -0.2) is 38.0 Å². The lowest BCUT2D eigenvalue weighted by Crippen LogP contribution is -2.27. The number of thiazole rings is 2.